The van der Waals surface area contributed by atoms with Crippen molar-refractivity contribution in [3.63, 3.8) is 0 Å². The highest BCUT2D eigenvalue weighted by Crippen LogP contribution is 2.29. The van der Waals surface area contributed by atoms with Gasteiger partial charge >= 0.3 is 0 Å². The van der Waals surface area contributed by atoms with Crippen LogP contribution in [0.1, 0.15) is 31.7 Å². The first kappa shape index (κ1) is 15.5. The van der Waals surface area contributed by atoms with Gasteiger partial charge in [-0.05, 0) is 31.4 Å². The van der Waals surface area contributed by atoms with Crippen molar-refractivity contribution in [3.05, 3.63) is 35.9 Å². The maximum absolute atomic E-state index is 12.5. The van der Waals surface area contributed by atoms with Gasteiger partial charge in [-0.3, -0.25) is 0 Å². The molecule has 0 spiro atoms. The molecule has 2 unspecified atom stereocenters. The van der Waals surface area contributed by atoms with E-state index in [1.807, 2.05) is 25.1 Å². The first-order valence-electron chi connectivity index (χ1n) is 7.30. The Labute approximate surface area is 122 Å². The normalized spacial score (nSPS) is 22.0. The van der Waals surface area contributed by atoms with Crippen molar-refractivity contribution in [1.82, 2.24) is 9.62 Å². The maximum Gasteiger partial charge on any atom is 0.217 e. The van der Waals surface area contributed by atoms with Crippen LogP contribution in [0.25, 0.3) is 0 Å². The molecule has 1 aromatic carbocycles. The molecule has 1 aliphatic rings. The van der Waals surface area contributed by atoms with Gasteiger partial charge in [0.05, 0.1) is 5.25 Å². The minimum absolute atomic E-state index is 0.331. The lowest BCUT2D eigenvalue weighted by Gasteiger charge is -2.22. The predicted octanol–water partition coefficient (Wildman–Crippen LogP) is 1.80. The highest BCUT2D eigenvalue weighted by molar-refractivity contribution is 7.89. The molecule has 1 N–H and O–H groups in total. The second kappa shape index (κ2) is 6.70. The van der Waals surface area contributed by atoms with Crippen LogP contribution in [0.2, 0.25) is 0 Å². The lowest BCUT2D eigenvalue weighted by atomic mass is 9.99. The molecule has 1 aliphatic heterocycles. The molecule has 1 heterocycles. The van der Waals surface area contributed by atoms with Gasteiger partial charge in [0, 0.05) is 19.6 Å². The Morgan fingerprint density at radius 3 is 2.70 bits per heavy atom. The molecule has 2 rings (SSSR count). The number of hydrogen-bond donors (Lipinski definition) is 1. The Hall–Kier alpha value is -0.910. The molecule has 0 aliphatic carbocycles. The summed E-state index contributed by atoms with van der Waals surface area (Å²) in [5.41, 5.74) is 1.24. The molecule has 0 radical (unpaired) electrons. The molecular formula is C15H24N2O2S. The van der Waals surface area contributed by atoms with Gasteiger partial charge in [-0.2, -0.15) is 0 Å². The predicted molar refractivity (Wildman–Crippen MR) is 82.3 cm³/mol. The van der Waals surface area contributed by atoms with Gasteiger partial charge in [0.1, 0.15) is 0 Å². The summed E-state index contributed by atoms with van der Waals surface area (Å²) in [4.78, 5) is 0. The highest BCUT2D eigenvalue weighted by Gasteiger charge is 2.35. The molecule has 4 nitrogen and oxygen atoms in total. The smallest absolute Gasteiger partial charge is 0.217 e. The quantitative estimate of drug-likeness (QED) is 0.871. The summed E-state index contributed by atoms with van der Waals surface area (Å²) in [6.45, 7) is 6.34. The number of rotatable bonds is 6. The monoisotopic (exact) mass is 296 g/mol. The molecule has 112 valence electrons. The van der Waals surface area contributed by atoms with E-state index in [-0.39, 0.29) is 5.25 Å². The molecule has 0 amide bonds. The summed E-state index contributed by atoms with van der Waals surface area (Å²) < 4.78 is 26.7. The van der Waals surface area contributed by atoms with Crippen molar-refractivity contribution in [2.45, 2.75) is 31.4 Å². The summed E-state index contributed by atoms with van der Waals surface area (Å²) in [6.07, 6.45) is 0.914. The van der Waals surface area contributed by atoms with Gasteiger partial charge in [-0.1, -0.05) is 37.3 Å². The SMILES string of the molecule is CCNCC(C)S(=O)(=O)N1CCC(c2ccccc2)C1. The number of nitrogens with zero attached hydrogens (tertiary/aromatic N) is 1. The second-order valence-electron chi connectivity index (χ2n) is 5.42. The fraction of sp³-hybridized carbons (Fsp3) is 0.600. The summed E-state index contributed by atoms with van der Waals surface area (Å²) in [5, 5.41) is 2.75. The molecule has 20 heavy (non-hydrogen) atoms. The van der Waals surface area contributed by atoms with E-state index in [9.17, 15) is 8.42 Å². The first-order chi connectivity index (χ1) is 9.55. The molecule has 1 aromatic rings. The molecule has 5 heteroatoms. The van der Waals surface area contributed by atoms with Crippen LogP contribution >= 0.6 is 0 Å². The highest BCUT2D eigenvalue weighted by atomic mass is 32.2. The molecule has 0 bridgehead atoms. The summed E-state index contributed by atoms with van der Waals surface area (Å²) in [7, 11) is -3.18. The Morgan fingerprint density at radius 2 is 2.05 bits per heavy atom. The van der Waals surface area contributed by atoms with Crippen LogP contribution in [0.4, 0.5) is 0 Å². The fourth-order valence-corrected chi connectivity index (χ4v) is 4.25. The van der Waals surface area contributed by atoms with E-state index >= 15 is 0 Å². The van der Waals surface area contributed by atoms with Crippen LogP contribution in [-0.4, -0.2) is 44.2 Å². The minimum Gasteiger partial charge on any atom is -0.316 e. The van der Waals surface area contributed by atoms with Crippen molar-refractivity contribution < 1.29 is 8.42 Å². The lowest BCUT2D eigenvalue weighted by molar-refractivity contribution is 0.460. The zero-order valence-electron chi connectivity index (χ0n) is 12.2. The summed E-state index contributed by atoms with van der Waals surface area (Å²) in [5.74, 6) is 0.331. The van der Waals surface area contributed by atoms with Crippen molar-refractivity contribution in [2.24, 2.45) is 0 Å². The van der Waals surface area contributed by atoms with E-state index in [1.165, 1.54) is 5.56 Å². The van der Waals surface area contributed by atoms with E-state index in [1.54, 1.807) is 11.2 Å². The maximum atomic E-state index is 12.5. The van der Waals surface area contributed by atoms with Crippen LogP contribution < -0.4 is 5.32 Å². The number of benzene rings is 1. The molecule has 1 saturated heterocycles. The third-order valence-corrected chi connectivity index (χ3v) is 6.21. The third kappa shape index (κ3) is 3.40. The van der Waals surface area contributed by atoms with Gasteiger partial charge in [0.2, 0.25) is 10.0 Å². The van der Waals surface area contributed by atoms with Crippen LogP contribution in [0.15, 0.2) is 30.3 Å². The third-order valence-electron chi connectivity index (χ3n) is 3.97. The average molecular weight is 296 g/mol. The largest absolute Gasteiger partial charge is 0.316 e. The summed E-state index contributed by atoms with van der Waals surface area (Å²) in [6, 6.07) is 10.2. The average Bonchev–Trinajstić information content (AvgIpc) is 2.96. The van der Waals surface area contributed by atoms with E-state index in [4.69, 9.17) is 0 Å². The lowest BCUT2D eigenvalue weighted by Crippen LogP contribution is -2.40. The molecular weight excluding hydrogens is 272 g/mol. The van der Waals surface area contributed by atoms with Gasteiger partial charge in [-0.25, -0.2) is 12.7 Å². The number of nitrogens with one attached hydrogen (secondary N) is 1. The Kier molecular flexibility index (Phi) is 5.18. The van der Waals surface area contributed by atoms with Gasteiger partial charge in [0.15, 0.2) is 0 Å². The topological polar surface area (TPSA) is 49.4 Å². The van der Waals surface area contributed by atoms with Crippen LogP contribution in [0.3, 0.4) is 0 Å². The zero-order chi connectivity index (χ0) is 14.6. The van der Waals surface area contributed by atoms with Gasteiger partial charge in [-0.15, -0.1) is 0 Å². The second-order valence-corrected chi connectivity index (χ2v) is 7.77. The van der Waals surface area contributed by atoms with Gasteiger partial charge in [0.25, 0.3) is 0 Å². The van der Waals surface area contributed by atoms with Crippen molar-refractivity contribution in [3.8, 4) is 0 Å². The Balaban J connectivity index is 2.01. The number of sulfonamides is 1. The molecule has 0 aromatic heterocycles. The van der Waals surface area contributed by atoms with Crippen LogP contribution in [-0.2, 0) is 10.0 Å². The van der Waals surface area contributed by atoms with E-state index in [0.717, 1.165) is 13.0 Å². The van der Waals surface area contributed by atoms with E-state index < -0.39 is 10.0 Å². The fourth-order valence-electron chi connectivity index (χ4n) is 2.66. The van der Waals surface area contributed by atoms with Crippen molar-refractivity contribution in [2.75, 3.05) is 26.2 Å². The number of hydrogen-bond acceptors (Lipinski definition) is 3. The Bertz CT molecular complexity index is 516. The van der Waals surface area contributed by atoms with E-state index in [2.05, 4.69) is 17.4 Å². The first-order valence-corrected chi connectivity index (χ1v) is 8.80. The summed E-state index contributed by atoms with van der Waals surface area (Å²) >= 11 is 0. The standard InChI is InChI=1S/C15H24N2O2S/c1-3-16-11-13(2)20(18,19)17-10-9-15(12-17)14-7-5-4-6-8-14/h4-8,13,15-16H,3,9-12H2,1-2H3. The van der Waals surface area contributed by atoms with E-state index in [0.29, 0.717) is 25.6 Å². The van der Waals surface area contributed by atoms with Crippen molar-refractivity contribution in [1.29, 1.82) is 0 Å². The molecule has 0 saturated carbocycles. The Morgan fingerprint density at radius 1 is 1.35 bits per heavy atom. The van der Waals surface area contributed by atoms with Gasteiger partial charge < -0.3 is 5.32 Å². The minimum atomic E-state index is -3.18. The molecule has 1 fully saturated rings. The van der Waals surface area contributed by atoms with Crippen LogP contribution in [0, 0.1) is 0 Å². The zero-order valence-corrected chi connectivity index (χ0v) is 13.1. The van der Waals surface area contributed by atoms with Crippen LogP contribution in [0.5, 0.6) is 0 Å². The molecule has 2 atom stereocenters. The van der Waals surface area contributed by atoms with Crippen molar-refractivity contribution >= 4 is 10.0 Å².